The smallest absolute Gasteiger partial charge is 0.100 e. The van der Waals surface area contributed by atoms with E-state index in [2.05, 4.69) is 81.3 Å². The lowest BCUT2D eigenvalue weighted by atomic mass is 9.85. The van der Waals surface area contributed by atoms with Crippen LogP contribution in [0.3, 0.4) is 0 Å². The highest BCUT2D eigenvalue weighted by molar-refractivity contribution is 6.88. The molecule has 0 aromatic heterocycles. The van der Waals surface area contributed by atoms with Crippen molar-refractivity contribution >= 4 is 71.8 Å². The van der Waals surface area contributed by atoms with Crippen LogP contribution in [-0.2, 0) is 0 Å². The molecule has 0 atom stereocenters. The fraction of sp³-hybridized carbons (Fsp3) is 0.0980. The van der Waals surface area contributed by atoms with E-state index in [1.807, 2.05) is 54.6 Å². The summed E-state index contributed by atoms with van der Waals surface area (Å²) in [6.45, 7) is 11.1. The maximum Gasteiger partial charge on any atom is 0.100 e. The molecular formula is C51H32N8Si2. The van der Waals surface area contributed by atoms with Gasteiger partial charge in [0.25, 0.3) is 0 Å². The maximum atomic E-state index is 11.1. The van der Waals surface area contributed by atoms with Gasteiger partial charge < -0.3 is 0 Å². The SMILES string of the molecule is C[SiH](C)c1ccc(C2=C(C#N)c3cc4c(cc3/C2=C(\C#N)c2cc(C#N)cc(C#N)c2)/C(=C(\C#N)c2cc(C#N)cc(C#N)c2)C(c2ccc([Si](C)(C)C)cc2)=C4C#N)cc1. The molecule has 5 aromatic carbocycles. The standard InChI is InChI=1S/C51H32N8Si2/c1-60(2)38-10-6-34(7-11-38)48-46(28-58)40-20-41-43(21-42(40)50(48)44(26-56)36-16-30(22-52)14-31(17-36)23-53)51(45(27-57)37-18-32(24-54)15-33(19-37)25-55)49(47(41)29-59)35-8-12-39(13-9-35)61(3,4)5/h6-21,60H,1-5H3/b50-44-,51-45-. The average Bonchev–Trinajstić information content (AvgIpc) is 3.76. The van der Waals surface area contributed by atoms with E-state index in [-0.39, 0.29) is 44.5 Å². The van der Waals surface area contributed by atoms with Crippen molar-refractivity contribution in [1.29, 1.82) is 42.1 Å². The first-order valence-corrected chi connectivity index (χ1v) is 25.6. The van der Waals surface area contributed by atoms with Crippen LogP contribution in [-0.4, -0.2) is 16.9 Å². The van der Waals surface area contributed by atoms with Crippen molar-refractivity contribution in [3.8, 4) is 48.6 Å². The maximum absolute atomic E-state index is 11.1. The van der Waals surface area contributed by atoms with Crippen molar-refractivity contribution in [2.75, 3.05) is 0 Å². The fourth-order valence-corrected chi connectivity index (χ4v) is 10.2. The van der Waals surface area contributed by atoms with Gasteiger partial charge in [0, 0.05) is 33.4 Å². The summed E-state index contributed by atoms with van der Waals surface area (Å²) < 4.78 is 0. The van der Waals surface area contributed by atoms with E-state index in [9.17, 15) is 42.1 Å². The largest absolute Gasteiger partial charge is 0.192 e. The predicted molar refractivity (Wildman–Crippen MR) is 242 cm³/mol. The molecule has 0 saturated carbocycles. The van der Waals surface area contributed by atoms with Crippen molar-refractivity contribution in [3.05, 3.63) is 164 Å². The molecule has 8 nitrogen and oxygen atoms in total. The van der Waals surface area contributed by atoms with Crippen molar-refractivity contribution in [2.45, 2.75) is 32.7 Å². The monoisotopic (exact) mass is 812 g/mol. The van der Waals surface area contributed by atoms with E-state index in [0.717, 1.165) is 0 Å². The summed E-state index contributed by atoms with van der Waals surface area (Å²) in [5.74, 6) is 0. The minimum absolute atomic E-state index is 0.121. The van der Waals surface area contributed by atoms with Gasteiger partial charge in [-0.2, -0.15) is 42.1 Å². The Morgan fingerprint density at radius 2 is 0.803 bits per heavy atom. The zero-order chi connectivity index (χ0) is 43.7. The van der Waals surface area contributed by atoms with Gasteiger partial charge in [-0.1, -0.05) is 91.6 Å². The molecule has 284 valence electrons. The second kappa shape index (κ2) is 16.0. The lowest BCUT2D eigenvalue weighted by molar-refractivity contribution is 1.43. The number of fused-ring (bicyclic) bond motifs is 2. The van der Waals surface area contributed by atoms with Gasteiger partial charge in [0.15, 0.2) is 0 Å². The number of nitriles is 8. The Morgan fingerprint density at radius 3 is 1.11 bits per heavy atom. The van der Waals surface area contributed by atoms with Crippen LogP contribution in [0, 0.1) is 90.6 Å². The minimum atomic E-state index is -1.74. The molecule has 0 fully saturated rings. The lowest BCUT2D eigenvalue weighted by Crippen LogP contribution is -2.37. The number of hydrogen-bond donors (Lipinski definition) is 0. The molecule has 0 spiro atoms. The minimum Gasteiger partial charge on any atom is -0.192 e. The van der Waals surface area contributed by atoms with Gasteiger partial charge in [-0.3, -0.25) is 0 Å². The highest BCUT2D eigenvalue weighted by Crippen LogP contribution is 2.56. The van der Waals surface area contributed by atoms with E-state index in [1.165, 1.54) is 22.5 Å². The summed E-state index contributed by atoms with van der Waals surface area (Å²) >= 11 is 0. The molecule has 10 heteroatoms. The molecule has 0 bridgehead atoms. The predicted octanol–water partition coefficient (Wildman–Crippen LogP) is 9.18. The number of nitrogens with zero attached hydrogens (tertiary/aromatic N) is 8. The Morgan fingerprint density at radius 1 is 0.443 bits per heavy atom. The summed E-state index contributed by atoms with van der Waals surface area (Å²) in [4.78, 5) is 0. The van der Waals surface area contributed by atoms with Crippen molar-refractivity contribution in [3.63, 3.8) is 0 Å². The molecule has 5 aromatic rings. The van der Waals surface area contributed by atoms with Gasteiger partial charge in [-0.25, -0.2) is 0 Å². The van der Waals surface area contributed by atoms with Crippen molar-refractivity contribution in [1.82, 2.24) is 0 Å². The molecule has 61 heavy (non-hydrogen) atoms. The van der Waals surface area contributed by atoms with E-state index in [4.69, 9.17) is 0 Å². The summed E-state index contributed by atoms with van der Waals surface area (Å²) in [6.07, 6.45) is 0. The van der Waals surface area contributed by atoms with Crippen LogP contribution in [0.25, 0.3) is 44.6 Å². The Kier molecular flexibility index (Phi) is 10.6. The Bertz CT molecular complexity index is 3200. The van der Waals surface area contributed by atoms with Crippen LogP contribution >= 0.6 is 0 Å². The first-order valence-electron chi connectivity index (χ1n) is 19.2. The molecule has 0 saturated heterocycles. The van der Waals surface area contributed by atoms with Crippen molar-refractivity contribution in [2.24, 2.45) is 0 Å². The number of rotatable bonds is 6. The van der Waals surface area contributed by atoms with E-state index in [0.29, 0.717) is 66.8 Å². The van der Waals surface area contributed by atoms with Gasteiger partial charge in [0.2, 0.25) is 0 Å². The van der Waals surface area contributed by atoms with E-state index < -0.39 is 16.9 Å². The first-order chi connectivity index (χ1) is 29.3. The average molecular weight is 813 g/mol. The highest BCUT2D eigenvalue weighted by atomic mass is 28.3. The number of allylic oxidation sites excluding steroid dienone is 8. The van der Waals surface area contributed by atoms with Gasteiger partial charge in [0.1, 0.15) is 24.3 Å². The molecule has 2 aliphatic carbocycles. The molecule has 0 radical (unpaired) electrons. The third-order valence-electron chi connectivity index (χ3n) is 11.0. The second-order valence-electron chi connectivity index (χ2n) is 16.0. The quantitative estimate of drug-likeness (QED) is 0.120. The van der Waals surface area contributed by atoms with Gasteiger partial charge in [0.05, 0.1) is 85.7 Å². The van der Waals surface area contributed by atoms with Crippen LogP contribution in [0.5, 0.6) is 0 Å². The zero-order valence-corrected chi connectivity index (χ0v) is 36.0. The molecular weight excluding hydrogens is 781 g/mol. The van der Waals surface area contributed by atoms with Crippen LogP contribution in [0.1, 0.15) is 66.8 Å². The first kappa shape index (κ1) is 40.6. The van der Waals surface area contributed by atoms with Crippen LogP contribution < -0.4 is 10.4 Å². The Hall–Kier alpha value is -8.59. The summed E-state index contributed by atoms with van der Waals surface area (Å²) in [5.41, 5.74) is 7.12. The summed E-state index contributed by atoms with van der Waals surface area (Å²) in [6, 6.07) is 46.5. The topological polar surface area (TPSA) is 190 Å². The van der Waals surface area contributed by atoms with Crippen molar-refractivity contribution < 1.29 is 0 Å². The second-order valence-corrected chi connectivity index (χ2v) is 24.1. The molecule has 0 unspecified atom stereocenters. The lowest BCUT2D eigenvalue weighted by Gasteiger charge is -2.18. The highest BCUT2D eigenvalue weighted by Gasteiger charge is 2.38. The van der Waals surface area contributed by atoms with Crippen LogP contribution in [0.15, 0.2) is 97.1 Å². The third-order valence-corrected chi connectivity index (χ3v) is 14.8. The molecule has 0 amide bonds. The van der Waals surface area contributed by atoms with E-state index >= 15 is 0 Å². The third kappa shape index (κ3) is 7.05. The van der Waals surface area contributed by atoms with Gasteiger partial charge in [-0.05, 0) is 81.9 Å². The zero-order valence-electron chi connectivity index (χ0n) is 33.9. The fourth-order valence-electron chi connectivity index (χ4n) is 8.05. The summed E-state index contributed by atoms with van der Waals surface area (Å²) in [5, 5.41) is 86.4. The molecule has 0 N–H and O–H groups in total. The summed E-state index contributed by atoms with van der Waals surface area (Å²) in [7, 11) is -2.95. The van der Waals surface area contributed by atoms with Crippen LogP contribution in [0.4, 0.5) is 0 Å². The van der Waals surface area contributed by atoms with E-state index in [1.54, 1.807) is 30.3 Å². The molecule has 0 heterocycles. The molecule has 7 rings (SSSR count). The van der Waals surface area contributed by atoms with Gasteiger partial charge >= 0.3 is 0 Å². The number of benzene rings is 5. The molecule has 0 aliphatic heterocycles. The Labute approximate surface area is 357 Å². The Balaban J connectivity index is 1.65. The normalized spacial score (nSPS) is 14.3. The van der Waals surface area contributed by atoms with Crippen LogP contribution in [0.2, 0.25) is 32.7 Å². The number of hydrogen-bond acceptors (Lipinski definition) is 8. The van der Waals surface area contributed by atoms with Gasteiger partial charge in [-0.15, -0.1) is 0 Å². The molecule has 2 aliphatic rings.